The molecule has 7 rings (SSSR count). The smallest absolute Gasteiger partial charge is 0.243 e. The number of hydrogen-bond acceptors (Lipinski definition) is 5. The number of nitrogens with one attached hydrogen (secondary N) is 2. The van der Waals surface area contributed by atoms with Crippen molar-refractivity contribution >= 4 is 40.6 Å². The first kappa shape index (κ1) is 23.0. The van der Waals surface area contributed by atoms with Crippen LogP contribution in [-0.4, -0.2) is 42.8 Å². The molecule has 1 aromatic heterocycles. The Morgan fingerprint density at radius 2 is 1.95 bits per heavy atom. The molecule has 0 saturated heterocycles. The molecule has 3 aromatic rings. The first-order chi connectivity index (χ1) is 18.4. The van der Waals surface area contributed by atoms with Crippen LogP contribution < -0.4 is 20.4 Å². The fourth-order valence-corrected chi connectivity index (χ4v) is 6.89. The molecule has 1 aliphatic carbocycles. The van der Waals surface area contributed by atoms with E-state index in [1.165, 1.54) is 5.56 Å². The van der Waals surface area contributed by atoms with Crippen LogP contribution in [0.5, 0.6) is 0 Å². The topological polar surface area (TPSA) is 94.6 Å². The monoisotopic (exact) mass is 507 g/mol. The van der Waals surface area contributed by atoms with Gasteiger partial charge in [-0.2, -0.15) is 0 Å². The van der Waals surface area contributed by atoms with Crippen LogP contribution in [0.15, 0.2) is 54.7 Å². The van der Waals surface area contributed by atoms with Gasteiger partial charge in [-0.3, -0.25) is 14.4 Å². The van der Waals surface area contributed by atoms with Crippen molar-refractivity contribution in [2.45, 2.75) is 43.4 Å². The van der Waals surface area contributed by atoms with Crippen LogP contribution >= 0.6 is 0 Å². The standard InChI is InChI=1S/C30H29N5O3/c1-34-23-7-3-8-24-27(23)19(5-2-9-26(34)37)16-35(24)17-25(36)32-21-11-10-18-14-30(15-20(18)13-21)22-6-4-12-31-28(22)33-29(30)38/h3-4,6-8,10-13,19H,2,5,9,14-17H2,1H3,(H,32,36)(H,31,33,38). The van der Waals surface area contributed by atoms with E-state index < -0.39 is 5.41 Å². The number of amides is 3. The first-order valence-corrected chi connectivity index (χ1v) is 13.3. The minimum Gasteiger partial charge on any atom is -0.361 e. The Kier molecular flexibility index (Phi) is 5.08. The molecule has 2 atom stereocenters. The summed E-state index contributed by atoms with van der Waals surface area (Å²) in [6, 6.07) is 15.8. The zero-order valence-electron chi connectivity index (χ0n) is 21.3. The third-order valence-electron chi connectivity index (χ3n) is 8.73. The lowest BCUT2D eigenvalue weighted by molar-refractivity contribution is -0.120. The largest absolute Gasteiger partial charge is 0.361 e. The van der Waals surface area contributed by atoms with Crippen LogP contribution in [0.3, 0.4) is 0 Å². The highest BCUT2D eigenvalue weighted by atomic mass is 16.2. The number of pyridine rings is 1. The molecule has 2 aromatic carbocycles. The molecule has 0 radical (unpaired) electrons. The Morgan fingerprint density at radius 1 is 1.11 bits per heavy atom. The van der Waals surface area contributed by atoms with E-state index in [-0.39, 0.29) is 24.3 Å². The summed E-state index contributed by atoms with van der Waals surface area (Å²) in [5, 5.41) is 6.03. The van der Waals surface area contributed by atoms with E-state index in [1.54, 1.807) is 11.1 Å². The van der Waals surface area contributed by atoms with Gasteiger partial charge in [-0.05, 0) is 67.1 Å². The quantitative estimate of drug-likeness (QED) is 0.563. The Bertz CT molecular complexity index is 1520. The molecule has 2 unspecified atom stereocenters. The summed E-state index contributed by atoms with van der Waals surface area (Å²) < 4.78 is 0. The second-order valence-corrected chi connectivity index (χ2v) is 11.0. The summed E-state index contributed by atoms with van der Waals surface area (Å²) in [7, 11) is 1.85. The lowest BCUT2D eigenvalue weighted by Gasteiger charge is -2.25. The fourth-order valence-electron chi connectivity index (χ4n) is 6.89. The molecule has 3 amide bonds. The molecule has 192 valence electrons. The lowest BCUT2D eigenvalue weighted by atomic mass is 9.79. The van der Waals surface area contributed by atoms with E-state index in [2.05, 4.69) is 26.6 Å². The van der Waals surface area contributed by atoms with Crippen molar-refractivity contribution in [1.82, 2.24) is 4.98 Å². The summed E-state index contributed by atoms with van der Waals surface area (Å²) in [5.74, 6) is 1.02. The van der Waals surface area contributed by atoms with Crippen LogP contribution in [-0.2, 0) is 32.6 Å². The number of benzene rings is 2. The second-order valence-electron chi connectivity index (χ2n) is 11.0. The van der Waals surface area contributed by atoms with E-state index >= 15 is 0 Å². The number of fused-ring (bicyclic) bond motifs is 3. The van der Waals surface area contributed by atoms with Crippen LogP contribution in [0.4, 0.5) is 22.9 Å². The van der Waals surface area contributed by atoms with Crippen LogP contribution in [0.2, 0.25) is 0 Å². The maximum absolute atomic E-state index is 13.2. The highest BCUT2D eigenvalue weighted by molar-refractivity contribution is 6.06. The lowest BCUT2D eigenvalue weighted by Crippen LogP contribution is -2.35. The maximum atomic E-state index is 13.2. The average molecular weight is 508 g/mol. The van der Waals surface area contributed by atoms with Gasteiger partial charge >= 0.3 is 0 Å². The first-order valence-electron chi connectivity index (χ1n) is 13.3. The molecule has 4 aliphatic rings. The van der Waals surface area contributed by atoms with Crippen molar-refractivity contribution in [3.8, 4) is 0 Å². The summed E-state index contributed by atoms with van der Waals surface area (Å²) in [6.07, 6.45) is 5.28. The molecule has 4 heterocycles. The van der Waals surface area contributed by atoms with Gasteiger partial charge in [0.1, 0.15) is 5.82 Å². The van der Waals surface area contributed by atoms with Crippen molar-refractivity contribution in [3.63, 3.8) is 0 Å². The van der Waals surface area contributed by atoms with Gasteiger partial charge in [0.05, 0.1) is 12.0 Å². The third kappa shape index (κ3) is 3.43. The molecule has 2 N–H and O–H groups in total. The Morgan fingerprint density at radius 3 is 2.84 bits per heavy atom. The second kappa shape index (κ2) is 8.41. The summed E-state index contributed by atoms with van der Waals surface area (Å²) >= 11 is 0. The molecule has 1 spiro atoms. The summed E-state index contributed by atoms with van der Waals surface area (Å²) in [5.41, 5.74) is 6.45. The van der Waals surface area contributed by atoms with Crippen molar-refractivity contribution in [2.75, 3.05) is 40.6 Å². The van der Waals surface area contributed by atoms with Crippen molar-refractivity contribution < 1.29 is 14.4 Å². The maximum Gasteiger partial charge on any atom is 0.243 e. The number of carbonyl (C=O) groups excluding carboxylic acids is 3. The molecule has 3 aliphatic heterocycles. The predicted molar refractivity (Wildman–Crippen MR) is 146 cm³/mol. The van der Waals surface area contributed by atoms with Gasteiger partial charge in [-0.25, -0.2) is 4.98 Å². The molecule has 0 saturated carbocycles. The molecule has 8 heteroatoms. The van der Waals surface area contributed by atoms with Crippen LogP contribution in [0.1, 0.15) is 47.4 Å². The summed E-state index contributed by atoms with van der Waals surface area (Å²) in [4.78, 5) is 46.9. The van der Waals surface area contributed by atoms with Gasteiger partial charge in [0.2, 0.25) is 17.7 Å². The molecular weight excluding hydrogens is 478 g/mol. The van der Waals surface area contributed by atoms with E-state index in [0.29, 0.717) is 31.0 Å². The molecule has 0 bridgehead atoms. The zero-order valence-corrected chi connectivity index (χ0v) is 21.3. The number of aromatic nitrogens is 1. The molecule has 8 nitrogen and oxygen atoms in total. The van der Waals surface area contributed by atoms with Crippen molar-refractivity contribution in [3.05, 3.63) is 77.0 Å². The summed E-state index contributed by atoms with van der Waals surface area (Å²) in [6.45, 7) is 1.02. The van der Waals surface area contributed by atoms with E-state index in [4.69, 9.17) is 0 Å². The number of nitrogens with zero attached hydrogens (tertiary/aromatic N) is 3. The van der Waals surface area contributed by atoms with Crippen molar-refractivity contribution in [1.29, 1.82) is 0 Å². The van der Waals surface area contributed by atoms with Crippen LogP contribution in [0.25, 0.3) is 0 Å². The van der Waals surface area contributed by atoms with Gasteiger partial charge in [0.25, 0.3) is 0 Å². The van der Waals surface area contributed by atoms with Gasteiger partial charge in [-0.1, -0.05) is 18.2 Å². The Balaban J connectivity index is 1.09. The molecular formula is C30H29N5O3. The number of hydrogen-bond donors (Lipinski definition) is 2. The highest BCUT2D eigenvalue weighted by Gasteiger charge is 2.51. The Labute approximate surface area is 221 Å². The SMILES string of the molecule is CN1C(=O)CCCC2CN(CC(=O)Nc3ccc4c(c3)CC3(C4)C(=O)Nc4ncccc43)c3cccc1c32. The van der Waals surface area contributed by atoms with Crippen LogP contribution in [0, 0.1) is 0 Å². The number of rotatable bonds is 3. The third-order valence-corrected chi connectivity index (χ3v) is 8.73. The average Bonchev–Trinajstić information content (AvgIpc) is 3.55. The van der Waals surface area contributed by atoms with Gasteiger partial charge in [-0.15, -0.1) is 0 Å². The van der Waals surface area contributed by atoms with Crippen molar-refractivity contribution in [2.24, 2.45) is 0 Å². The predicted octanol–water partition coefficient (Wildman–Crippen LogP) is 3.76. The number of carbonyl (C=O) groups is 3. The van der Waals surface area contributed by atoms with E-state index in [1.807, 2.05) is 49.5 Å². The minimum absolute atomic E-state index is 0.00842. The van der Waals surface area contributed by atoms with E-state index in [9.17, 15) is 14.4 Å². The normalized spacial score (nSPS) is 23.0. The Hall–Kier alpha value is -4.20. The van der Waals surface area contributed by atoms with E-state index in [0.717, 1.165) is 53.1 Å². The fraction of sp³-hybridized carbons (Fsp3) is 0.333. The molecule has 38 heavy (non-hydrogen) atoms. The minimum atomic E-state index is -0.626. The zero-order chi connectivity index (χ0) is 26.0. The molecule has 0 fully saturated rings. The van der Waals surface area contributed by atoms with Gasteiger partial charge < -0.3 is 20.4 Å². The van der Waals surface area contributed by atoms with Gasteiger partial charge in [0.15, 0.2) is 0 Å². The van der Waals surface area contributed by atoms with Gasteiger partial charge in [0, 0.05) is 60.3 Å². The highest BCUT2D eigenvalue weighted by Crippen LogP contribution is 2.47. The number of anilines is 4.